The molecule has 2 aliphatic rings. The monoisotopic (exact) mass is 599 g/mol. The Morgan fingerprint density at radius 3 is 2.55 bits per heavy atom. The Morgan fingerprint density at radius 1 is 1.18 bits per heavy atom. The first kappa shape index (κ1) is 26.0. The summed E-state index contributed by atoms with van der Waals surface area (Å²) < 4.78 is 3.26. The van der Waals surface area contributed by atoms with Gasteiger partial charge in [-0.2, -0.15) is 0 Å². The summed E-state index contributed by atoms with van der Waals surface area (Å²) in [6.45, 7) is 1.21. The molecule has 1 aliphatic carbocycles. The van der Waals surface area contributed by atoms with Gasteiger partial charge in [0, 0.05) is 56.7 Å². The highest BCUT2D eigenvalue weighted by atomic mass is 79.9. The molecule has 176 valence electrons. The molecule has 1 atom stereocenters. The number of hydrogen-bond acceptors (Lipinski definition) is 4. The van der Waals surface area contributed by atoms with Gasteiger partial charge in [-0.15, -0.1) is 0 Å². The first-order chi connectivity index (χ1) is 15.8. The second-order valence-corrected chi connectivity index (χ2v) is 10.6. The fourth-order valence-corrected chi connectivity index (χ4v) is 6.08. The van der Waals surface area contributed by atoms with Gasteiger partial charge in [0.15, 0.2) is 13.1 Å². The number of aromatic nitrogens is 1. The molecule has 4 rings (SSSR count). The van der Waals surface area contributed by atoms with Crippen LogP contribution in [0.15, 0.2) is 33.3 Å². The Hall–Kier alpha value is -1.64. The maximum atomic E-state index is 11.7. The number of carbonyl (C=O) groups is 2. The minimum Gasteiger partial charge on any atom is -0.481 e. The van der Waals surface area contributed by atoms with Crippen molar-refractivity contribution in [2.75, 3.05) is 13.1 Å². The lowest BCUT2D eigenvalue weighted by Gasteiger charge is -2.29. The summed E-state index contributed by atoms with van der Waals surface area (Å²) in [5.74, 6) is -0.209. The lowest BCUT2D eigenvalue weighted by Crippen LogP contribution is -2.29. The van der Waals surface area contributed by atoms with Crippen molar-refractivity contribution in [2.24, 2.45) is 5.92 Å². The number of piperidine rings is 1. The number of benzene rings is 1. The van der Waals surface area contributed by atoms with Crippen molar-refractivity contribution in [1.82, 2.24) is 4.98 Å². The summed E-state index contributed by atoms with van der Waals surface area (Å²) >= 11 is 13.6. The zero-order valence-electron chi connectivity index (χ0n) is 18.1. The SMILES string of the molecule is O=CCCCC(=O)O.O=[N+]1CCC([C@H]2c3ncc(Br)cc3CCc3cc(Cl)cc(Br)c32)CC1. The molecule has 1 aliphatic heterocycles. The summed E-state index contributed by atoms with van der Waals surface area (Å²) in [5, 5.41) is 8.79. The molecule has 0 saturated carbocycles. The number of carboxylic acids is 1. The molecule has 1 fully saturated rings. The van der Waals surface area contributed by atoms with Crippen LogP contribution in [-0.4, -0.2) is 40.2 Å². The molecule has 2 aromatic rings. The Balaban J connectivity index is 0.000000331. The molecule has 6 nitrogen and oxygen atoms in total. The number of nitrogens with zero attached hydrogens (tertiary/aromatic N) is 2. The van der Waals surface area contributed by atoms with Crippen LogP contribution in [0.4, 0.5) is 0 Å². The van der Waals surface area contributed by atoms with E-state index in [1.54, 1.807) is 0 Å². The number of fused-ring (bicyclic) bond motifs is 2. The van der Waals surface area contributed by atoms with Crippen LogP contribution in [0, 0.1) is 10.8 Å². The lowest BCUT2D eigenvalue weighted by molar-refractivity contribution is -0.561. The molecule has 1 saturated heterocycles. The van der Waals surface area contributed by atoms with E-state index in [2.05, 4.69) is 44.0 Å². The van der Waals surface area contributed by atoms with Gasteiger partial charge in [0.1, 0.15) is 6.29 Å². The van der Waals surface area contributed by atoms with E-state index in [1.165, 1.54) is 21.5 Å². The fourth-order valence-electron chi connectivity index (χ4n) is 4.58. The van der Waals surface area contributed by atoms with Crippen molar-refractivity contribution >= 4 is 55.7 Å². The number of aliphatic carboxylic acids is 1. The molecular formula is C24H26Br2ClN2O4+. The normalized spacial score (nSPS) is 17.8. The minimum atomic E-state index is -0.841. The van der Waals surface area contributed by atoms with Gasteiger partial charge in [-0.3, -0.25) is 9.78 Å². The number of halogens is 3. The molecule has 0 spiro atoms. The Kier molecular flexibility index (Phi) is 9.58. The number of unbranched alkanes of at least 4 members (excludes halogenated alkanes) is 1. The van der Waals surface area contributed by atoms with Gasteiger partial charge >= 0.3 is 5.97 Å². The van der Waals surface area contributed by atoms with Gasteiger partial charge < -0.3 is 9.90 Å². The molecule has 0 amide bonds. The average Bonchev–Trinajstić information content (AvgIpc) is 2.92. The van der Waals surface area contributed by atoms with E-state index in [0.29, 0.717) is 31.8 Å². The minimum absolute atomic E-state index is 0.0960. The highest BCUT2D eigenvalue weighted by Crippen LogP contribution is 2.45. The second kappa shape index (κ2) is 12.2. The largest absolute Gasteiger partial charge is 0.481 e. The predicted molar refractivity (Wildman–Crippen MR) is 134 cm³/mol. The molecule has 1 aromatic heterocycles. The van der Waals surface area contributed by atoms with Crippen molar-refractivity contribution in [2.45, 2.75) is 50.9 Å². The third kappa shape index (κ3) is 6.93. The quantitative estimate of drug-likeness (QED) is 0.254. The van der Waals surface area contributed by atoms with Crippen molar-refractivity contribution < 1.29 is 19.5 Å². The summed E-state index contributed by atoms with van der Waals surface area (Å²) in [5.41, 5.74) is 5.06. The lowest BCUT2D eigenvalue weighted by atomic mass is 9.77. The third-order valence-corrected chi connectivity index (χ3v) is 7.41. The van der Waals surface area contributed by atoms with E-state index in [-0.39, 0.29) is 12.3 Å². The van der Waals surface area contributed by atoms with E-state index >= 15 is 0 Å². The van der Waals surface area contributed by atoms with E-state index in [4.69, 9.17) is 21.7 Å². The van der Waals surface area contributed by atoms with Crippen LogP contribution in [0.1, 0.15) is 60.4 Å². The summed E-state index contributed by atoms with van der Waals surface area (Å²) in [4.78, 5) is 35.9. The van der Waals surface area contributed by atoms with Crippen LogP contribution in [0.3, 0.4) is 0 Å². The molecule has 9 heteroatoms. The Labute approximate surface area is 215 Å². The van der Waals surface area contributed by atoms with Crippen molar-refractivity contribution in [3.8, 4) is 0 Å². The zero-order chi connectivity index (χ0) is 24.0. The van der Waals surface area contributed by atoms with Crippen LogP contribution in [-0.2, 0) is 22.4 Å². The topological polar surface area (TPSA) is 87.3 Å². The molecule has 33 heavy (non-hydrogen) atoms. The summed E-state index contributed by atoms with van der Waals surface area (Å²) in [6.07, 6.45) is 7.24. The smallest absolute Gasteiger partial charge is 0.303 e. The summed E-state index contributed by atoms with van der Waals surface area (Å²) in [7, 11) is 0. The van der Waals surface area contributed by atoms with Gasteiger partial charge in [0.2, 0.25) is 0 Å². The highest BCUT2D eigenvalue weighted by Gasteiger charge is 2.37. The van der Waals surface area contributed by atoms with Gasteiger partial charge in [-0.05, 0) is 80.8 Å². The maximum Gasteiger partial charge on any atom is 0.303 e. The van der Waals surface area contributed by atoms with Crippen LogP contribution in [0.5, 0.6) is 0 Å². The number of aldehydes is 1. The standard InChI is InChI=1S/C19H18Br2ClN2O.C5H8O3/c20-14-7-13-2-1-12-8-15(22)9-16(21)17(12)18(19(13)23-10-14)11-3-5-24(25)6-4-11;6-4-2-1-3-5(7)8/h7-11,18H,1-6H2;4H,1-3H2,(H,7,8)/q+1;/t18-;/m1./s1. The van der Waals surface area contributed by atoms with Gasteiger partial charge in [-0.25, -0.2) is 0 Å². The first-order valence-corrected chi connectivity index (χ1v) is 13.0. The Bertz CT molecular complexity index is 1040. The zero-order valence-corrected chi connectivity index (χ0v) is 22.0. The molecule has 1 N–H and O–H groups in total. The number of pyridine rings is 1. The molecule has 1 aromatic carbocycles. The molecular weight excluding hydrogens is 576 g/mol. The Morgan fingerprint density at radius 2 is 1.88 bits per heavy atom. The molecule has 2 heterocycles. The first-order valence-electron chi connectivity index (χ1n) is 11.0. The highest BCUT2D eigenvalue weighted by molar-refractivity contribution is 9.10. The molecule has 0 radical (unpaired) electrons. The van der Waals surface area contributed by atoms with Crippen LogP contribution >= 0.6 is 43.5 Å². The number of aryl methyl sites for hydroxylation is 2. The van der Waals surface area contributed by atoms with Crippen LogP contribution in [0.2, 0.25) is 5.02 Å². The van der Waals surface area contributed by atoms with Crippen molar-refractivity contribution in [3.05, 3.63) is 65.7 Å². The average molecular weight is 602 g/mol. The second-order valence-electron chi connectivity index (χ2n) is 8.36. The van der Waals surface area contributed by atoms with Crippen LogP contribution < -0.4 is 0 Å². The number of nitroso groups, excluding NO2 is 1. The van der Waals surface area contributed by atoms with Crippen LogP contribution in [0.25, 0.3) is 0 Å². The van der Waals surface area contributed by atoms with Gasteiger partial charge in [0.25, 0.3) is 0 Å². The van der Waals surface area contributed by atoms with Gasteiger partial charge in [0.05, 0.1) is 5.69 Å². The molecule has 0 bridgehead atoms. The third-order valence-electron chi connectivity index (χ3n) is 6.10. The number of hydrogen-bond donors (Lipinski definition) is 1. The van der Waals surface area contributed by atoms with E-state index in [0.717, 1.165) is 51.6 Å². The summed E-state index contributed by atoms with van der Waals surface area (Å²) in [6, 6.07) is 6.28. The van der Waals surface area contributed by atoms with Gasteiger partial charge in [-0.1, -0.05) is 27.5 Å². The fraction of sp³-hybridized carbons (Fsp3) is 0.458. The predicted octanol–water partition coefficient (Wildman–Crippen LogP) is 6.12. The number of carboxylic acid groups (broad SMARTS) is 1. The maximum absolute atomic E-state index is 11.7. The number of rotatable bonds is 5. The van der Waals surface area contributed by atoms with Crippen molar-refractivity contribution in [3.63, 3.8) is 0 Å². The van der Waals surface area contributed by atoms with Crippen molar-refractivity contribution in [1.29, 1.82) is 0 Å². The molecule has 0 unspecified atom stereocenters. The van der Waals surface area contributed by atoms with E-state index in [1.807, 2.05) is 12.3 Å². The van der Waals surface area contributed by atoms with E-state index < -0.39 is 5.97 Å². The van der Waals surface area contributed by atoms with E-state index in [9.17, 15) is 14.5 Å². The number of carbonyl (C=O) groups excluding carboxylic acids is 1.